The summed E-state index contributed by atoms with van der Waals surface area (Å²) in [6.45, 7) is 0.0882. The number of hydrogen-bond acceptors (Lipinski definition) is 5. The molecule has 136 valence electrons. The number of methoxy groups -OCH3 is 1. The maximum atomic E-state index is 12.7. The average molecular weight is 359 g/mol. The van der Waals surface area contributed by atoms with E-state index in [1.165, 1.54) is 12.0 Å². The average Bonchev–Trinajstić information content (AvgIpc) is 3.28. The van der Waals surface area contributed by atoms with E-state index in [1.807, 2.05) is 0 Å². The number of imidazole rings is 1. The van der Waals surface area contributed by atoms with Crippen LogP contribution < -0.4 is 4.74 Å². The van der Waals surface area contributed by atoms with Crippen LogP contribution in [0, 0.1) is 5.92 Å². The first kappa shape index (κ1) is 17.5. The van der Waals surface area contributed by atoms with Gasteiger partial charge in [0.15, 0.2) is 11.4 Å². The van der Waals surface area contributed by atoms with Crippen molar-refractivity contribution in [2.24, 2.45) is 5.92 Å². The van der Waals surface area contributed by atoms with Crippen molar-refractivity contribution in [1.29, 1.82) is 0 Å². The number of carboxylic acid groups (broad SMARTS) is 2. The van der Waals surface area contributed by atoms with Crippen LogP contribution in [-0.4, -0.2) is 63.1 Å². The number of aromatic carboxylic acids is 1. The van der Waals surface area contributed by atoms with Crippen LogP contribution in [-0.2, 0) is 4.79 Å². The van der Waals surface area contributed by atoms with Gasteiger partial charge in [0.25, 0.3) is 5.91 Å². The van der Waals surface area contributed by atoms with E-state index in [1.54, 1.807) is 24.3 Å². The predicted octanol–water partition coefficient (Wildman–Crippen LogP) is 1.06. The topological polar surface area (TPSA) is 133 Å². The molecule has 2 atom stereocenters. The van der Waals surface area contributed by atoms with E-state index in [0.29, 0.717) is 11.3 Å². The highest BCUT2D eigenvalue weighted by Crippen LogP contribution is 2.38. The number of benzene rings is 1. The van der Waals surface area contributed by atoms with Crippen LogP contribution in [0.15, 0.2) is 30.6 Å². The highest BCUT2D eigenvalue weighted by molar-refractivity contribution is 6.02. The largest absolute Gasteiger partial charge is 0.496 e. The molecule has 1 aromatic heterocycles. The van der Waals surface area contributed by atoms with E-state index in [0.717, 1.165) is 6.33 Å². The molecule has 9 nitrogen and oxygen atoms in total. The van der Waals surface area contributed by atoms with Gasteiger partial charge >= 0.3 is 11.9 Å². The third-order valence-electron chi connectivity index (χ3n) is 4.52. The molecule has 1 aromatic carbocycles. The number of nitrogens with one attached hydrogen (secondary N) is 1. The number of ether oxygens (including phenoxy) is 1. The summed E-state index contributed by atoms with van der Waals surface area (Å²) in [5.41, 5.74) is 0.142. The molecular weight excluding hydrogens is 342 g/mol. The Morgan fingerprint density at radius 2 is 1.96 bits per heavy atom. The van der Waals surface area contributed by atoms with Gasteiger partial charge in [-0.05, 0) is 11.6 Å². The van der Waals surface area contributed by atoms with Gasteiger partial charge < -0.3 is 24.8 Å². The summed E-state index contributed by atoms with van der Waals surface area (Å²) >= 11 is 0. The number of nitrogens with zero attached hydrogens (tertiary/aromatic N) is 2. The molecule has 2 heterocycles. The second-order valence-corrected chi connectivity index (χ2v) is 5.93. The number of rotatable bonds is 5. The first-order chi connectivity index (χ1) is 12.4. The second kappa shape index (κ2) is 6.87. The smallest absolute Gasteiger partial charge is 0.354 e. The standard InChI is InChI=1S/C17H17N3O6/c1-26-12-5-3-2-4-9(12)10-6-20(7-11(10)16(22)23)15(21)13-14(17(24)25)19-8-18-13/h2-5,8,10-11H,6-7H2,1H3,(H,18,19)(H,22,23)(H,24,25)/t10-,11+/m0/s1. The number of carbonyl (C=O) groups is 3. The second-order valence-electron chi connectivity index (χ2n) is 5.93. The zero-order valence-corrected chi connectivity index (χ0v) is 13.9. The van der Waals surface area contributed by atoms with Crippen LogP contribution in [0.3, 0.4) is 0 Å². The van der Waals surface area contributed by atoms with Crippen molar-refractivity contribution >= 4 is 17.8 Å². The molecule has 0 unspecified atom stereocenters. The molecule has 9 heteroatoms. The zero-order valence-electron chi connectivity index (χ0n) is 13.9. The number of likely N-dealkylation sites (tertiary alicyclic amines) is 1. The third kappa shape index (κ3) is 2.99. The van der Waals surface area contributed by atoms with Crippen LogP contribution in [0.1, 0.15) is 32.5 Å². The van der Waals surface area contributed by atoms with Gasteiger partial charge in [-0.1, -0.05) is 18.2 Å². The molecule has 0 spiro atoms. The van der Waals surface area contributed by atoms with Gasteiger partial charge in [0.2, 0.25) is 0 Å². The minimum Gasteiger partial charge on any atom is -0.496 e. The molecule has 1 aliphatic heterocycles. The molecule has 1 saturated heterocycles. The molecule has 0 saturated carbocycles. The van der Waals surface area contributed by atoms with Crippen LogP contribution >= 0.6 is 0 Å². The molecule has 0 bridgehead atoms. The summed E-state index contributed by atoms with van der Waals surface area (Å²) in [5, 5.41) is 18.7. The van der Waals surface area contributed by atoms with Gasteiger partial charge in [0, 0.05) is 19.0 Å². The lowest BCUT2D eigenvalue weighted by Crippen LogP contribution is -2.31. The first-order valence-corrected chi connectivity index (χ1v) is 7.85. The van der Waals surface area contributed by atoms with Crippen molar-refractivity contribution in [3.8, 4) is 5.75 Å². The Kier molecular flexibility index (Phi) is 4.61. The number of aliphatic carboxylic acids is 1. The predicted molar refractivity (Wildman–Crippen MR) is 88.3 cm³/mol. The molecule has 0 aliphatic carbocycles. The van der Waals surface area contributed by atoms with E-state index < -0.39 is 29.7 Å². The van der Waals surface area contributed by atoms with Gasteiger partial charge in [-0.3, -0.25) is 9.59 Å². The molecular formula is C17H17N3O6. The summed E-state index contributed by atoms with van der Waals surface area (Å²) < 4.78 is 5.31. The number of amides is 1. The lowest BCUT2D eigenvalue weighted by molar-refractivity contribution is -0.141. The third-order valence-corrected chi connectivity index (χ3v) is 4.52. The molecule has 2 aromatic rings. The van der Waals surface area contributed by atoms with Crippen molar-refractivity contribution in [3.63, 3.8) is 0 Å². The van der Waals surface area contributed by atoms with Crippen molar-refractivity contribution in [3.05, 3.63) is 47.5 Å². The summed E-state index contributed by atoms with van der Waals surface area (Å²) in [4.78, 5) is 43.1. The molecule has 3 rings (SSSR count). The summed E-state index contributed by atoms with van der Waals surface area (Å²) in [7, 11) is 1.50. The monoisotopic (exact) mass is 359 g/mol. The van der Waals surface area contributed by atoms with E-state index >= 15 is 0 Å². The molecule has 3 N–H and O–H groups in total. The minimum absolute atomic E-state index is 0.0389. The van der Waals surface area contributed by atoms with E-state index in [4.69, 9.17) is 9.84 Å². The number of hydrogen-bond donors (Lipinski definition) is 3. The number of aromatic amines is 1. The fourth-order valence-corrected chi connectivity index (χ4v) is 3.28. The van der Waals surface area contributed by atoms with Gasteiger partial charge in [-0.2, -0.15) is 0 Å². The van der Waals surface area contributed by atoms with Crippen LogP contribution in [0.4, 0.5) is 0 Å². The molecule has 1 amide bonds. The number of H-pyrrole nitrogens is 1. The van der Waals surface area contributed by atoms with Crippen molar-refractivity contribution in [1.82, 2.24) is 14.9 Å². The Hall–Kier alpha value is -3.36. The summed E-state index contributed by atoms with van der Waals surface area (Å²) in [5.74, 6) is -3.71. The number of carboxylic acids is 2. The summed E-state index contributed by atoms with van der Waals surface area (Å²) in [6, 6.07) is 7.05. The Labute approximate surface area is 148 Å². The number of aromatic nitrogens is 2. The van der Waals surface area contributed by atoms with Gasteiger partial charge in [-0.15, -0.1) is 0 Å². The van der Waals surface area contributed by atoms with Crippen molar-refractivity contribution in [2.45, 2.75) is 5.92 Å². The minimum atomic E-state index is -1.30. The first-order valence-electron chi connectivity index (χ1n) is 7.85. The Bertz CT molecular complexity index is 862. The van der Waals surface area contributed by atoms with E-state index in [2.05, 4.69) is 9.97 Å². The van der Waals surface area contributed by atoms with Crippen molar-refractivity contribution in [2.75, 3.05) is 20.2 Å². The van der Waals surface area contributed by atoms with Crippen molar-refractivity contribution < 1.29 is 29.3 Å². The van der Waals surface area contributed by atoms with E-state index in [9.17, 15) is 19.5 Å². The fraction of sp³-hybridized carbons (Fsp3) is 0.294. The normalized spacial score (nSPS) is 19.3. The lowest BCUT2D eigenvalue weighted by Gasteiger charge is -2.18. The Balaban J connectivity index is 1.92. The Morgan fingerprint density at radius 3 is 2.62 bits per heavy atom. The highest BCUT2D eigenvalue weighted by Gasteiger charge is 2.42. The number of para-hydroxylation sites is 1. The quantitative estimate of drug-likeness (QED) is 0.727. The van der Waals surface area contributed by atoms with Gasteiger partial charge in [0.05, 0.1) is 19.4 Å². The van der Waals surface area contributed by atoms with Gasteiger partial charge in [0.1, 0.15) is 5.75 Å². The lowest BCUT2D eigenvalue weighted by atomic mass is 9.88. The van der Waals surface area contributed by atoms with Crippen LogP contribution in [0.2, 0.25) is 0 Å². The van der Waals surface area contributed by atoms with Crippen LogP contribution in [0.25, 0.3) is 0 Å². The molecule has 26 heavy (non-hydrogen) atoms. The molecule has 0 radical (unpaired) electrons. The van der Waals surface area contributed by atoms with E-state index in [-0.39, 0.29) is 24.5 Å². The number of carbonyl (C=O) groups excluding carboxylic acids is 1. The maximum Gasteiger partial charge on any atom is 0.354 e. The van der Waals surface area contributed by atoms with Crippen LogP contribution in [0.5, 0.6) is 5.75 Å². The molecule has 1 fully saturated rings. The SMILES string of the molecule is COc1ccccc1[C@@H]1CN(C(=O)c2nc[nH]c2C(=O)O)C[C@H]1C(=O)O. The highest BCUT2D eigenvalue weighted by atomic mass is 16.5. The maximum absolute atomic E-state index is 12.7. The molecule has 1 aliphatic rings. The fourth-order valence-electron chi connectivity index (χ4n) is 3.28. The zero-order chi connectivity index (χ0) is 18.8. The Morgan fingerprint density at radius 1 is 1.23 bits per heavy atom. The van der Waals surface area contributed by atoms with Gasteiger partial charge in [-0.25, -0.2) is 9.78 Å². The summed E-state index contributed by atoms with van der Waals surface area (Å²) in [6.07, 6.45) is 1.12.